The Balaban J connectivity index is 2.11. The van der Waals surface area contributed by atoms with Crippen molar-refractivity contribution >= 4 is 52.2 Å². The van der Waals surface area contributed by atoms with E-state index in [1.807, 2.05) is 84.9 Å². The highest BCUT2D eigenvalue weighted by Gasteiger charge is 2.33. The van der Waals surface area contributed by atoms with Crippen LogP contribution in [-0.2, 0) is 4.57 Å². The van der Waals surface area contributed by atoms with Crippen molar-refractivity contribution in [3.05, 3.63) is 96.6 Å². The molecule has 0 radical (unpaired) electrons. The fourth-order valence-corrected chi connectivity index (χ4v) is 7.09. The molecule has 0 spiro atoms. The van der Waals surface area contributed by atoms with Crippen LogP contribution in [0.4, 0.5) is 0 Å². The van der Waals surface area contributed by atoms with E-state index >= 15 is 0 Å². The summed E-state index contributed by atoms with van der Waals surface area (Å²) >= 11 is 4.70. The molecule has 0 fully saturated rings. The Labute approximate surface area is 170 Å². The lowest BCUT2D eigenvalue weighted by Crippen LogP contribution is -2.26. The Morgan fingerprint density at radius 3 is 1.89 bits per heavy atom. The van der Waals surface area contributed by atoms with Gasteiger partial charge in [-0.3, -0.25) is 4.79 Å². The molecule has 4 heteroatoms. The van der Waals surface area contributed by atoms with Gasteiger partial charge in [0.15, 0.2) is 12.9 Å². The molecule has 0 aliphatic carbocycles. The molecule has 4 rings (SSSR count). The van der Waals surface area contributed by atoms with Gasteiger partial charge in [0.1, 0.15) is 0 Å². The van der Waals surface area contributed by atoms with Crippen molar-refractivity contribution in [3.8, 4) is 0 Å². The largest absolute Gasteiger partial charge is 0.309 e. The molecule has 0 heterocycles. The zero-order valence-corrected chi connectivity index (χ0v) is 17.2. The van der Waals surface area contributed by atoms with Crippen LogP contribution >= 0.6 is 19.8 Å². The molecule has 0 saturated carbocycles. The predicted molar refractivity (Wildman–Crippen MR) is 121 cm³/mol. The summed E-state index contributed by atoms with van der Waals surface area (Å²) in [6.07, 6.45) is 0. The number of carbonyl (C=O) groups excluding carboxylic acids is 1. The SMILES string of the molecule is CC(=O)c1ccc2c(P(=O)(c3ccccc3)c3ccccc3)c(S)ccc2c1. The molecule has 0 aliphatic rings. The lowest BCUT2D eigenvalue weighted by molar-refractivity contribution is 0.101. The van der Waals surface area contributed by atoms with E-state index in [0.29, 0.717) is 15.8 Å². The molecule has 2 nitrogen and oxygen atoms in total. The first-order valence-electron chi connectivity index (χ1n) is 9.00. The molecule has 0 aliphatic heterocycles. The average molecular weight is 402 g/mol. The normalized spacial score (nSPS) is 11.5. The van der Waals surface area contributed by atoms with Crippen molar-refractivity contribution in [2.45, 2.75) is 11.8 Å². The van der Waals surface area contributed by atoms with Crippen molar-refractivity contribution < 1.29 is 9.36 Å². The van der Waals surface area contributed by atoms with E-state index in [0.717, 1.165) is 21.4 Å². The molecular formula is C24H19O2PS. The number of ketones is 1. The lowest BCUT2D eigenvalue weighted by atomic mass is 10.1. The van der Waals surface area contributed by atoms with Gasteiger partial charge in [-0.15, -0.1) is 12.6 Å². The van der Waals surface area contributed by atoms with Crippen LogP contribution in [0.3, 0.4) is 0 Å². The van der Waals surface area contributed by atoms with Gasteiger partial charge in [-0.1, -0.05) is 78.9 Å². The highest BCUT2D eigenvalue weighted by molar-refractivity contribution is 7.88. The molecule has 0 bridgehead atoms. The quantitative estimate of drug-likeness (QED) is 0.297. The molecule has 0 unspecified atom stereocenters. The standard InChI is InChI=1S/C24H19O2PS/c1-17(25)18-12-14-22-19(16-18)13-15-23(28)24(22)27(26,20-8-4-2-5-9-20)21-10-6-3-7-11-21/h2-16,28H,1H3. The first-order chi connectivity index (χ1) is 13.5. The van der Waals surface area contributed by atoms with Crippen molar-refractivity contribution in [2.75, 3.05) is 0 Å². The topological polar surface area (TPSA) is 34.1 Å². The maximum atomic E-state index is 14.8. The summed E-state index contributed by atoms with van der Waals surface area (Å²) < 4.78 is 14.8. The summed E-state index contributed by atoms with van der Waals surface area (Å²) in [5, 5.41) is 3.97. The fourth-order valence-electron chi connectivity index (χ4n) is 3.53. The maximum Gasteiger partial charge on any atom is 0.172 e. The van der Waals surface area contributed by atoms with Crippen molar-refractivity contribution in [2.24, 2.45) is 0 Å². The van der Waals surface area contributed by atoms with Crippen molar-refractivity contribution in [1.29, 1.82) is 0 Å². The van der Waals surface area contributed by atoms with Gasteiger partial charge < -0.3 is 4.57 Å². The van der Waals surface area contributed by atoms with Gasteiger partial charge in [-0.05, 0) is 29.8 Å². The summed E-state index contributed by atoms with van der Waals surface area (Å²) in [6, 6.07) is 28.4. The van der Waals surface area contributed by atoms with E-state index in [1.165, 1.54) is 0 Å². The summed E-state index contributed by atoms with van der Waals surface area (Å²) in [7, 11) is -3.16. The Morgan fingerprint density at radius 1 is 0.786 bits per heavy atom. The van der Waals surface area contributed by atoms with Crippen LogP contribution in [0.1, 0.15) is 17.3 Å². The van der Waals surface area contributed by atoms with E-state index in [9.17, 15) is 9.36 Å². The third-order valence-electron chi connectivity index (χ3n) is 4.93. The summed E-state index contributed by atoms with van der Waals surface area (Å²) in [5.74, 6) is 0.00713. The molecular weight excluding hydrogens is 383 g/mol. The van der Waals surface area contributed by atoms with Crippen LogP contribution in [0.5, 0.6) is 0 Å². The second-order valence-electron chi connectivity index (χ2n) is 6.71. The molecule has 0 aromatic heterocycles. The number of rotatable bonds is 4. The molecule has 0 atom stereocenters. The third-order valence-corrected chi connectivity index (χ3v) is 8.64. The van der Waals surface area contributed by atoms with E-state index in [2.05, 4.69) is 0 Å². The van der Waals surface area contributed by atoms with E-state index < -0.39 is 7.14 Å². The fraction of sp³-hybridized carbons (Fsp3) is 0.0417. The molecule has 0 saturated heterocycles. The lowest BCUT2D eigenvalue weighted by Gasteiger charge is -2.23. The van der Waals surface area contributed by atoms with Crippen LogP contribution < -0.4 is 15.9 Å². The van der Waals surface area contributed by atoms with Gasteiger partial charge in [0.25, 0.3) is 0 Å². The number of hydrogen-bond acceptors (Lipinski definition) is 3. The summed E-state index contributed by atoms with van der Waals surface area (Å²) in [5.41, 5.74) is 0.639. The van der Waals surface area contributed by atoms with E-state index in [-0.39, 0.29) is 5.78 Å². The van der Waals surface area contributed by atoms with Crippen LogP contribution in [0, 0.1) is 0 Å². The smallest absolute Gasteiger partial charge is 0.172 e. The second-order valence-corrected chi connectivity index (χ2v) is 9.89. The van der Waals surface area contributed by atoms with Crippen LogP contribution in [0.15, 0.2) is 95.9 Å². The van der Waals surface area contributed by atoms with Crippen LogP contribution in [0.25, 0.3) is 10.8 Å². The third kappa shape index (κ3) is 3.11. The summed E-state index contributed by atoms with van der Waals surface area (Å²) in [6.45, 7) is 1.55. The van der Waals surface area contributed by atoms with Crippen LogP contribution in [-0.4, -0.2) is 5.78 Å². The maximum absolute atomic E-state index is 14.8. The number of thiol groups is 1. The molecule has 138 valence electrons. The van der Waals surface area contributed by atoms with Crippen LogP contribution in [0.2, 0.25) is 0 Å². The van der Waals surface area contributed by atoms with Gasteiger partial charge in [-0.2, -0.15) is 0 Å². The number of Topliss-reactive ketones (excluding diaryl/α,β-unsaturated/α-hetero) is 1. The minimum absolute atomic E-state index is 0.00713. The Hall–Kier alpha value is -2.61. The number of carbonyl (C=O) groups is 1. The van der Waals surface area contributed by atoms with Crippen molar-refractivity contribution in [3.63, 3.8) is 0 Å². The average Bonchev–Trinajstić information content (AvgIpc) is 2.74. The highest BCUT2D eigenvalue weighted by Crippen LogP contribution is 2.46. The molecule has 4 aromatic carbocycles. The van der Waals surface area contributed by atoms with Gasteiger partial charge in [0.05, 0.1) is 0 Å². The van der Waals surface area contributed by atoms with Crippen molar-refractivity contribution in [1.82, 2.24) is 0 Å². The van der Waals surface area contributed by atoms with Gasteiger partial charge >= 0.3 is 0 Å². The Morgan fingerprint density at radius 2 is 1.36 bits per heavy atom. The Bertz CT molecular complexity index is 1170. The number of hydrogen-bond donors (Lipinski definition) is 1. The Kier molecular flexibility index (Phi) is 4.97. The first kappa shape index (κ1) is 18.7. The number of benzene rings is 4. The predicted octanol–water partition coefficient (Wildman–Crippen LogP) is 4.97. The van der Waals surface area contributed by atoms with Gasteiger partial charge in [0.2, 0.25) is 0 Å². The molecule has 4 aromatic rings. The summed E-state index contributed by atoms with van der Waals surface area (Å²) in [4.78, 5) is 12.5. The zero-order chi connectivity index (χ0) is 19.7. The van der Waals surface area contributed by atoms with Gasteiger partial charge in [-0.25, -0.2) is 0 Å². The second kappa shape index (κ2) is 7.43. The molecule has 0 amide bonds. The van der Waals surface area contributed by atoms with Gasteiger partial charge in [0, 0.05) is 26.4 Å². The van der Waals surface area contributed by atoms with E-state index in [1.54, 1.807) is 13.0 Å². The molecule has 28 heavy (non-hydrogen) atoms. The highest BCUT2D eigenvalue weighted by atomic mass is 32.1. The first-order valence-corrected chi connectivity index (χ1v) is 11.2. The minimum Gasteiger partial charge on any atom is -0.309 e. The van der Waals surface area contributed by atoms with E-state index in [4.69, 9.17) is 12.6 Å². The monoisotopic (exact) mass is 402 g/mol. The molecule has 0 N–H and O–H groups in total. The zero-order valence-electron chi connectivity index (χ0n) is 15.4. The minimum atomic E-state index is -3.16. The number of fused-ring (bicyclic) bond motifs is 1.